The highest BCUT2D eigenvalue weighted by Crippen LogP contribution is 2.32. The summed E-state index contributed by atoms with van der Waals surface area (Å²) in [7, 11) is -3.74. The first-order chi connectivity index (χ1) is 10.2. The molecule has 0 aliphatic heterocycles. The van der Waals surface area contributed by atoms with Crippen LogP contribution < -0.4 is 0 Å². The summed E-state index contributed by atoms with van der Waals surface area (Å²) in [5.41, 5.74) is 0.435. The second-order valence-electron chi connectivity index (χ2n) is 5.49. The number of rotatable bonds is 8. The highest BCUT2D eigenvalue weighted by atomic mass is 79.9. The second-order valence-corrected chi connectivity index (χ2v) is 8.12. The largest absolute Gasteiger partial charge is 0.265 e. The Hall–Kier alpha value is -1.21. The van der Waals surface area contributed by atoms with E-state index in [4.69, 9.17) is 0 Å². The number of benzene rings is 1. The van der Waals surface area contributed by atoms with Crippen molar-refractivity contribution < 1.29 is 13.3 Å². The molecule has 0 saturated heterocycles. The van der Waals surface area contributed by atoms with Gasteiger partial charge in [-0.1, -0.05) is 54.6 Å². The van der Waals surface area contributed by atoms with Crippen LogP contribution in [0.15, 0.2) is 47.4 Å². The molecule has 22 heavy (non-hydrogen) atoms. The molecular formula is C15H20BrNO4S. The Bertz CT molecular complexity index is 628. The van der Waals surface area contributed by atoms with Crippen molar-refractivity contribution in [1.29, 1.82) is 0 Å². The van der Waals surface area contributed by atoms with Gasteiger partial charge in [0, 0.05) is 16.2 Å². The molecule has 5 nitrogen and oxygen atoms in total. The molecule has 2 atom stereocenters. The van der Waals surface area contributed by atoms with Gasteiger partial charge < -0.3 is 0 Å². The molecule has 1 rings (SSSR count). The van der Waals surface area contributed by atoms with E-state index < -0.39 is 32.5 Å². The second kappa shape index (κ2) is 7.87. The Labute approximate surface area is 139 Å². The molecule has 122 valence electrons. The van der Waals surface area contributed by atoms with E-state index in [1.807, 2.05) is 0 Å². The number of nitrogens with zero attached hydrogens (tertiary/aromatic N) is 1. The molecule has 0 bridgehead atoms. The van der Waals surface area contributed by atoms with E-state index in [1.54, 1.807) is 32.0 Å². The van der Waals surface area contributed by atoms with Crippen LogP contribution in [0.25, 0.3) is 0 Å². The lowest BCUT2D eigenvalue weighted by Crippen LogP contribution is -2.39. The molecule has 0 heterocycles. The summed E-state index contributed by atoms with van der Waals surface area (Å²) in [6, 6.07) is 8.02. The first-order valence-corrected chi connectivity index (χ1v) is 9.53. The zero-order chi connectivity index (χ0) is 16.9. The number of nitro groups is 1. The standard InChI is InChI=1S/C15H20BrNO4S/c1-11(2)14(10-17(18)19)15(12(3)9-16)22(20,21)13-7-5-4-6-8-13/h4-8,11,14-15H,3,9-10H2,1-2H3/t14-,15-/m0/s1. The first kappa shape index (κ1) is 18.8. The third kappa shape index (κ3) is 4.39. The van der Waals surface area contributed by atoms with Crippen molar-refractivity contribution in [1.82, 2.24) is 0 Å². The van der Waals surface area contributed by atoms with Crippen LogP contribution in [0.1, 0.15) is 13.8 Å². The molecule has 0 aromatic heterocycles. The fourth-order valence-electron chi connectivity index (χ4n) is 2.41. The molecule has 0 saturated carbocycles. The fourth-order valence-corrected chi connectivity index (χ4v) is 5.19. The molecule has 7 heteroatoms. The molecule has 0 unspecified atom stereocenters. The Kier molecular flexibility index (Phi) is 6.74. The molecule has 0 N–H and O–H groups in total. The minimum atomic E-state index is -3.74. The van der Waals surface area contributed by atoms with Gasteiger partial charge in [-0.2, -0.15) is 0 Å². The van der Waals surface area contributed by atoms with Crippen LogP contribution in [0.5, 0.6) is 0 Å². The molecular weight excluding hydrogens is 370 g/mol. The zero-order valence-electron chi connectivity index (χ0n) is 12.6. The number of hydrogen-bond donors (Lipinski definition) is 0. The predicted octanol–water partition coefficient (Wildman–Crippen LogP) is 3.33. The zero-order valence-corrected chi connectivity index (χ0v) is 15.0. The van der Waals surface area contributed by atoms with Gasteiger partial charge in [-0.15, -0.1) is 0 Å². The Morgan fingerprint density at radius 1 is 1.32 bits per heavy atom. The molecule has 0 aliphatic carbocycles. The number of halogens is 1. The Balaban J connectivity index is 3.39. The summed E-state index contributed by atoms with van der Waals surface area (Å²) in [5, 5.41) is 10.3. The highest BCUT2D eigenvalue weighted by Gasteiger charge is 2.40. The van der Waals surface area contributed by atoms with Crippen molar-refractivity contribution in [2.24, 2.45) is 11.8 Å². The van der Waals surface area contributed by atoms with E-state index in [1.165, 1.54) is 12.1 Å². The molecule has 1 aromatic rings. The summed E-state index contributed by atoms with van der Waals surface area (Å²) in [4.78, 5) is 10.7. The molecule has 0 amide bonds. The molecule has 0 aliphatic rings. The maximum Gasteiger partial charge on any atom is 0.208 e. The van der Waals surface area contributed by atoms with Crippen LogP contribution in [-0.4, -0.2) is 30.5 Å². The average molecular weight is 390 g/mol. The summed E-state index contributed by atoms with van der Waals surface area (Å²) in [5.74, 6) is -0.796. The van der Waals surface area contributed by atoms with Crippen molar-refractivity contribution in [3.8, 4) is 0 Å². The number of hydrogen-bond acceptors (Lipinski definition) is 4. The van der Waals surface area contributed by atoms with Gasteiger partial charge in [0.1, 0.15) is 0 Å². The van der Waals surface area contributed by atoms with Gasteiger partial charge in [0.2, 0.25) is 6.54 Å². The lowest BCUT2D eigenvalue weighted by molar-refractivity contribution is -0.489. The van der Waals surface area contributed by atoms with Crippen LogP contribution in [0, 0.1) is 22.0 Å². The normalized spacial score (nSPS) is 14.5. The average Bonchev–Trinajstić information content (AvgIpc) is 2.46. The van der Waals surface area contributed by atoms with Crippen molar-refractivity contribution in [2.45, 2.75) is 24.0 Å². The smallest absolute Gasteiger partial charge is 0.208 e. The van der Waals surface area contributed by atoms with E-state index in [-0.39, 0.29) is 16.1 Å². The number of alkyl halides is 1. The quantitative estimate of drug-likeness (QED) is 0.295. The topological polar surface area (TPSA) is 77.3 Å². The van der Waals surface area contributed by atoms with E-state index in [0.29, 0.717) is 5.57 Å². The lowest BCUT2D eigenvalue weighted by atomic mass is 9.89. The molecule has 0 spiro atoms. The molecule has 0 fully saturated rings. The summed E-state index contributed by atoms with van der Waals surface area (Å²) in [6.45, 7) is 7.01. The highest BCUT2D eigenvalue weighted by molar-refractivity contribution is 9.09. The first-order valence-electron chi connectivity index (χ1n) is 6.86. The third-order valence-corrected chi connectivity index (χ3v) is 6.59. The minimum absolute atomic E-state index is 0.162. The lowest BCUT2D eigenvalue weighted by Gasteiger charge is -2.28. The van der Waals surface area contributed by atoms with Crippen LogP contribution in [-0.2, 0) is 9.84 Å². The fraction of sp³-hybridized carbons (Fsp3) is 0.467. The summed E-state index contributed by atoms with van der Waals surface area (Å²) in [6.07, 6.45) is 0. The van der Waals surface area contributed by atoms with Crippen molar-refractivity contribution in [3.05, 3.63) is 52.6 Å². The van der Waals surface area contributed by atoms with E-state index >= 15 is 0 Å². The van der Waals surface area contributed by atoms with Crippen LogP contribution in [0.4, 0.5) is 0 Å². The SMILES string of the molecule is C=C(CBr)[C@@H]([C@@H](C[N+](=O)[O-])C(C)C)S(=O)(=O)c1ccccc1. The molecule has 1 aromatic carbocycles. The Morgan fingerprint density at radius 2 is 1.86 bits per heavy atom. The maximum atomic E-state index is 13.0. The van der Waals surface area contributed by atoms with Gasteiger partial charge in [0.15, 0.2) is 9.84 Å². The van der Waals surface area contributed by atoms with E-state index in [2.05, 4.69) is 22.5 Å². The van der Waals surface area contributed by atoms with Gasteiger partial charge in [-0.05, 0) is 23.6 Å². The van der Waals surface area contributed by atoms with Gasteiger partial charge in [-0.3, -0.25) is 10.1 Å². The van der Waals surface area contributed by atoms with Crippen LogP contribution in [0.2, 0.25) is 0 Å². The minimum Gasteiger partial charge on any atom is -0.265 e. The maximum absolute atomic E-state index is 13.0. The van der Waals surface area contributed by atoms with E-state index in [0.717, 1.165) is 0 Å². The van der Waals surface area contributed by atoms with Gasteiger partial charge in [0.05, 0.1) is 10.1 Å². The predicted molar refractivity (Wildman–Crippen MR) is 90.5 cm³/mol. The molecule has 0 radical (unpaired) electrons. The van der Waals surface area contributed by atoms with Crippen molar-refractivity contribution in [3.63, 3.8) is 0 Å². The third-order valence-electron chi connectivity index (χ3n) is 3.59. The van der Waals surface area contributed by atoms with Gasteiger partial charge in [0.25, 0.3) is 0 Å². The van der Waals surface area contributed by atoms with Gasteiger partial charge in [-0.25, -0.2) is 8.42 Å². The Morgan fingerprint density at radius 3 is 2.27 bits per heavy atom. The number of sulfone groups is 1. The summed E-state index contributed by atoms with van der Waals surface area (Å²) < 4.78 is 25.9. The van der Waals surface area contributed by atoms with Crippen LogP contribution >= 0.6 is 15.9 Å². The van der Waals surface area contributed by atoms with E-state index in [9.17, 15) is 18.5 Å². The van der Waals surface area contributed by atoms with Crippen molar-refractivity contribution >= 4 is 25.8 Å². The van der Waals surface area contributed by atoms with Crippen LogP contribution in [0.3, 0.4) is 0 Å². The monoisotopic (exact) mass is 389 g/mol. The van der Waals surface area contributed by atoms with Crippen molar-refractivity contribution in [2.75, 3.05) is 11.9 Å². The summed E-state index contributed by atoms with van der Waals surface area (Å²) >= 11 is 3.23. The van der Waals surface area contributed by atoms with Gasteiger partial charge >= 0.3 is 0 Å².